The molecular weight excluding hydrogens is 453 g/mol. The van der Waals surface area contributed by atoms with E-state index in [0.29, 0.717) is 41.3 Å². The first-order valence-electron chi connectivity index (χ1n) is 8.84. The molecule has 2 rings (SSSR count). The first-order valence-corrected chi connectivity index (χ1v) is 10.4. The average Bonchev–Trinajstić information content (AvgIpc) is 2.63. The summed E-state index contributed by atoms with van der Waals surface area (Å²) in [6.07, 6.45) is 0.860. The quantitative estimate of drug-likeness (QED) is 0.469. The molecule has 148 valence electrons. The Morgan fingerprint density at radius 3 is 2.56 bits per heavy atom. The van der Waals surface area contributed by atoms with Crippen molar-refractivity contribution in [2.45, 2.75) is 39.5 Å². The minimum atomic E-state index is 0.0716. The summed E-state index contributed by atoms with van der Waals surface area (Å²) in [4.78, 5) is 0. The lowest BCUT2D eigenvalue weighted by molar-refractivity contribution is 0.238. The van der Waals surface area contributed by atoms with Crippen LogP contribution in [-0.4, -0.2) is 24.4 Å². The first kappa shape index (κ1) is 22.3. The monoisotopic (exact) mass is 475 g/mol. The lowest BCUT2D eigenvalue weighted by Crippen LogP contribution is -2.31. The standard InChI is InChI=1S/C20H24BrCl2NO3/c1-3-16(11-25)24-10-13-7-17(21)20(19(8-13)26-4-2)27-12-14-5-6-15(22)9-18(14)23/h5-9,16,24-25H,3-4,10-12H2,1-2H3/t16-/m0/s1. The van der Waals surface area contributed by atoms with Crippen molar-refractivity contribution < 1.29 is 14.6 Å². The van der Waals surface area contributed by atoms with Crippen molar-refractivity contribution in [3.63, 3.8) is 0 Å². The van der Waals surface area contributed by atoms with Gasteiger partial charge in [0, 0.05) is 28.2 Å². The van der Waals surface area contributed by atoms with E-state index >= 15 is 0 Å². The molecule has 4 nitrogen and oxygen atoms in total. The maximum Gasteiger partial charge on any atom is 0.175 e. The van der Waals surface area contributed by atoms with Crippen LogP contribution in [0, 0.1) is 0 Å². The fourth-order valence-corrected chi connectivity index (χ4v) is 3.58. The Morgan fingerprint density at radius 2 is 1.93 bits per heavy atom. The summed E-state index contributed by atoms with van der Waals surface area (Å²) in [5, 5.41) is 13.8. The molecule has 0 aliphatic carbocycles. The van der Waals surface area contributed by atoms with E-state index in [-0.39, 0.29) is 12.6 Å². The Bertz CT molecular complexity index is 754. The van der Waals surface area contributed by atoms with Gasteiger partial charge in [-0.15, -0.1) is 0 Å². The van der Waals surface area contributed by atoms with E-state index in [1.165, 1.54) is 0 Å². The highest BCUT2D eigenvalue weighted by Crippen LogP contribution is 2.38. The minimum Gasteiger partial charge on any atom is -0.490 e. The third-order valence-corrected chi connectivity index (χ3v) is 5.24. The van der Waals surface area contributed by atoms with E-state index in [1.54, 1.807) is 12.1 Å². The first-order chi connectivity index (χ1) is 13.0. The molecule has 2 aromatic rings. The van der Waals surface area contributed by atoms with Crippen LogP contribution in [0.2, 0.25) is 10.0 Å². The second kappa shape index (κ2) is 11.1. The summed E-state index contributed by atoms with van der Waals surface area (Å²) in [7, 11) is 0. The molecule has 7 heteroatoms. The molecule has 0 saturated carbocycles. The maximum atomic E-state index is 9.32. The summed E-state index contributed by atoms with van der Waals surface area (Å²) in [6.45, 7) is 5.52. The predicted octanol–water partition coefficient (Wildman–Crippen LogP) is 5.59. The number of nitrogens with one attached hydrogen (secondary N) is 1. The summed E-state index contributed by atoms with van der Waals surface area (Å²) in [6, 6.07) is 9.33. The molecule has 0 fully saturated rings. The summed E-state index contributed by atoms with van der Waals surface area (Å²) >= 11 is 15.7. The molecule has 0 aliphatic rings. The Morgan fingerprint density at radius 1 is 1.15 bits per heavy atom. The van der Waals surface area contributed by atoms with Crippen molar-refractivity contribution in [1.82, 2.24) is 5.32 Å². The summed E-state index contributed by atoms with van der Waals surface area (Å²) in [5.41, 5.74) is 1.88. The van der Waals surface area contributed by atoms with Crippen LogP contribution in [0.25, 0.3) is 0 Å². The van der Waals surface area contributed by atoms with E-state index in [9.17, 15) is 5.11 Å². The van der Waals surface area contributed by atoms with Crippen molar-refractivity contribution in [1.29, 1.82) is 0 Å². The zero-order valence-electron chi connectivity index (χ0n) is 15.4. The Hall–Kier alpha value is -0.980. The number of hydrogen-bond acceptors (Lipinski definition) is 4. The maximum absolute atomic E-state index is 9.32. The van der Waals surface area contributed by atoms with Crippen LogP contribution >= 0.6 is 39.1 Å². The van der Waals surface area contributed by atoms with E-state index in [0.717, 1.165) is 22.0 Å². The van der Waals surface area contributed by atoms with Gasteiger partial charge >= 0.3 is 0 Å². The van der Waals surface area contributed by atoms with Gasteiger partial charge in [0.25, 0.3) is 0 Å². The smallest absolute Gasteiger partial charge is 0.175 e. The highest BCUT2D eigenvalue weighted by molar-refractivity contribution is 9.10. The largest absolute Gasteiger partial charge is 0.490 e. The third-order valence-electron chi connectivity index (χ3n) is 4.06. The highest BCUT2D eigenvalue weighted by atomic mass is 79.9. The lowest BCUT2D eigenvalue weighted by atomic mass is 10.1. The van der Waals surface area contributed by atoms with Crippen LogP contribution in [-0.2, 0) is 13.2 Å². The lowest BCUT2D eigenvalue weighted by Gasteiger charge is -2.18. The Balaban J connectivity index is 2.17. The number of rotatable bonds is 10. The second-order valence-corrected chi connectivity index (χ2v) is 7.73. The molecule has 0 radical (unpaired) electrons. The average molecular weight is 477 g/mol. The van der Waals surface area contributed by atoms with Crippen LogP contribution in [0.1, 0.15) is 31.4 Å². The van der Waals surface area contributed by atoms with Crippen LogP contribution in [0.3, 0.4) is 0 Å². The van der Waals surface area contributed by atoms with E-state index in [1.807, 2.05) is 32.0 Å². The number of hydrogen-bond donors (Lipinski definition) is 2. The number of halogens is 3. The fraction of sp³-hybridized carbons (Fsp3) is 0.400. The van der Waals surface area contributed by atoms with Gasteiger partial charge in [0.1, 0.15) is 6.61 Å². The molecule has 0 spiro atoms. The summed E-state index contributed by atoms with van der Waals surface area (Å²) in [5.74, 6) is 1.28. The summed E-state index contributed by atoms with van der Waals surface area (Å²) < 4.78 is 12.6. The highest BCUT2D eigenvalue weighted by Gasteiger charge is 2.14. The zero-order chi connectivity index (χ0) is 19.8. The van der Waals surface area contributed by atoms with Crippen LogP contribution < -0.4 is 14.8 Å². The van der Waals surface area contributed by atoms with Crippen molar-refractivity contribution in [3.05, 3.63) is 56.0 Å². The molecule has 27 heavy (non-hydrogen) atoms. The minimum absolute atomic E-state index is 0.0716. The van der Waals surface area contributed by atoms with Crippen LogP contribution in [0.4, 0.5) is 0 Å². The molecule has 2 N–H and O–H groups in total. The van der Waals surface area contributed by atoms with Crippen LogP contribution in [0.15, 0.2) is 34.8 Å². The molecule has 0 aliphatic heterocycles. The van der Waals surface area contributed by atoms with E-state index < -0.39 is 0 Å². The van der Waals surface area contributed by atoms with Gasteiger partial charge < -0.3 is 19.9 Å². The van der Waals surface area contributed by atoms with Gasteiger partial charge in [-0.1, -0.05) is 36.2 Å². The molecule has 0 unspecified atom stereocenters. The molecule has 2 aromatic carbocycles. The molecule has 0 aromatic heterocycles. The fourth-order valence-electron chi connectivity index (χ4n) is 2.52. The van der Waals surface area contributed by atoms with Crippen molar-refractivity contribution >= 4 is 39.1 Å². The molecule has 0 amide bonds. The molecule has 1 atom stereocenters. The van der Waals surface area contributed by atoms with Crippen molar-refractivity contribution in [2.75, 3.05) is 13.2 Å². The number of aliphatic hydroxyl groups is 1. The van der Waals surface area contributed by atoms with Gasteiger partial charge in [0.15, 0.2) is 11.5 Å². The Labute approximate surface area is 178 Å². The number of ether oxygens (including phenoxy) is 2. The molecule has 0 bridgehead atoms. The third kappa shape index (κ3) is 6.54. The molecule has 0 heterocycles. The topological polar surface area (TPSA) is 50.7 Å². The van der Waals surface area contributed by atoms with Gasteiger partial charge in [0.2, 0.25) is 0 Å². The van der Waals surface area contributed by atoms with Gasteiger partial charge in [-0.2, -0.15) is 0 Å². The Kier molecular flexibility index (Phi) is 9.19. The zero-order valence-corrected chi connectivity index (χ0v) is 18.5. The van der Waals surface area contributed by atoms with Gasteiger partial charge in [-0.05, 0) is 59.1 Å². The van der Waals surface area contributed by atoms with Gasteiger partial charge in [-0.3, -0.25) is 0 Å². The van der Waals surface area contributed by atoms with Crippen LogP contribution in [0.5, 0.6) is 11.5 Å². The van der Waals surface area contributed by atoms with E-state index in [2.05, 4.69) is 21.2 Å². The number of aliphatic hydroxyl groups excluding tert-OH is 1. The van der Waals surface area contributed by atoms with Gasteiger partial charge in [0.05, 0.1) is 17.7 Å². The van der Waals surface area contributed by atoms with Crippen molar-refractivity contribution in [3.8, 4) is 11.5 Å². The predicted molar refractivity (Wildman–Crippen MR) is 114 cm³/mol. The normalized spacial score (nSPS) is 12.1. The molecular formula is C20H24BrCl2NO3. The molecule has 0 saturated heterocycles. The van der Waals surface area contributed by atoms with Crippen molar-refractivity contribution in [2.24, 2.45) is 0 Å². The SMILES string of the molecule is CCOc1cc(CN[C@@H](CC)CO)cc(Br)c1OCc1ccc(Cl)cc1Cl. The second-order valence-electron chi connectivity index (χ2n) is 6.03. The van der Waals surface area contributed by atoms with Gasteiger partial charge in [-0.25, -0.2) is 0 Å². The number of benzene rings is 2. The van der Waals surface area contributed by atoms with E-state index in [4.69, 9.17) is 32.7 Å².